The highest BCUT2D eigenvalue weighted by Crippen LogP contribution is 2.27. The molecule has 3 atom stereocenters. The molecule has 1 saturated carbocycles. The van der Waals surface area contributed by atoms with E-state index in [1.165, 1.54) is 12.8 Å². The number of pyridine rings is 1. The van der Waals surface area contributed by atoms with Gasteiger partial charge in [-0.3, -0.25) is 9.78 Å². The Labute approximate surface area is 160 Å². The van der Waals surface area contributed by atoms with Gasteiger partial charge in [-0.1, -0.05) is 32.8 Å². The Morgan fingerprint density at radius 1 is 1.04 bits per heavy atom. The van der Waals surface area contributed by atoms with Crippen LogP contribution >= 0.6 is 0 Å². The lowest BCUT2D eigenvalue weighted by molar-refractivity contribution is 0.0929. The molecule has 3 aromatic rings. The van der Waals surface area contributed by atoms with Crippen molar-refractivity contribution in [3.05, 3.63) is 60.6 Å². The van der Waals surface area contributed by atoms with Crippen LogP contribution in [0.5, 0.6) is 0 Å². The summed E-state index contributed by atoms with van der Waals surface area (Å²) in [6, 6.07) is 12.2. The summed E-state index contributed by atoms with van der Waals surface area (Å²) in [6.07, 6.45) is 10.3. The molecular formula is C23H27N3O. The minimum atomic E-state index is 0.0330. The summed E-state index contributed by atoms with van der Waals surface area (Å²) in [6.45, 7) is 4.59. The summed E-state index contributed by atoms with van der Waals surface area (Å²) in [5.41, 5.74) is 2.81. The molecule has 0 radical (unpaired) electrons. The first-order valence-electron chi connectivity index (χ1n) is 9.92. The van der Waals surface area contributed by atoms with Crippen LogP contribution < -0.4 is 5.32 Å². The van der Waals surface area contributed by atoms with Gasteiger partial charge >= 0.3 is 0 Å². The number of carbonyl (C=O) groups is 1. The molecule has 1 aromatic carbocycles. The first-order valence-corrected chi connectivity index (χ1v) is 9.92. The Hall–Kier alpha value is -2.62. The molecule has 0 saturated heterocycles. The largest absolute Gasteiger partial charge is 0.349 e. The lowest BCUT2D eigenvalue weighted by atomic mass is 9.99. The minimum absolute atomic E-state index is 0.0330. The zero-order valence-corrected chi connectivity index (χ0v) is 16.1. The molecule has 1 fully saturated rings. The molecule has 1 unspecified atom stereocenters. The van der Waals surface area contributed by atoms with Crippen molar-refractivity contribution in [2.45, 2.75) is 45.6 Å². The van der Waals surface area contributed by atoms with Gasteiger partial charge in [0.25, 0.3) is 5.91 Å². The van der Waals surface area contributed by atoms with E-state index >= 15 is 0 Å². The summed E-state index contributed by atoms with van der Waals surface area (Å²) >= 11 is 0. The maximum absolute atomic E-state index is 12.9. The number of aromatic nitrogens is 2. The average Bonchev–Trinajstić information content (AvgIpc) is 3.02. The standard InChI is InChI=1S/C23H27N3O/c1-16-3-4-17(2)14-20(13-16)25-23(27)19-6-5-18-9-12-26(22(18)15-19)21-7-10-24-11-8-21/h5-12,15-17,20H,3-4,13-14H2,1-2H3,(H,25,27)/t16-,17+,20?. The lowest BCUT2D eigenvalue weighted by Crippen LogP contribution is -2.36. The van der Waals surface area contributed by atoms with Gasteiger partial charge in [-0.05, 0) is 60.4 Å². The van der Waals surface area contributed by atoms with Gasteiger partial charge in [0.2, 0.25) is 0 Å². The maximum atomic E-state index is 12.9. The summed E-state index contributed by atoms with van der Waals surface area (Å²) in [7, 11) is 0. The molecule has 4 heteroatoms. The lowest BCUT2D eigenvalue weighted by Gasteiger charge is -2.20. The summed E-state index contributed by atoms with van der Waals surface area (Å²) in [4.78, 5) is 17.0. The number of fused-ring (bicyclic) bond motifs is 1. The summed E-state index contributed by atoms with van der Waals surface area (Å²) < 4.78 is 2.10. The number of nitrogens with one attached hydrogen (secondary N) is 1. The van der Waals surface area contributed by atoms with E-state index in [1.807, 2.05) is 36.5 Å². The highest BCUT2D eigenvalue weighted by atomic mass is 16.1. The Morgan fingerprint density at radius 3 is 2.44 bits per heavy atom. The normalized spacial score (nSPS) is 23.1. The number of carbonyl (C=O) groups excluding carboxylic acids is 1. The highest BCUT2D eigenvalue weighted by molar-refractivity contribution is 5.98. The summed E-state index contributed by atoms with van der Waals surface area (Å²) in [5.74, 6) is 1.38. The van der Waals surface area contributed by atoms with Crippen molar-refractivity contribution in [2.24, 2.45) is 11.8 Å². The van der Waals surface area contributed by atoms with Crippen molar-refractivity contribution in [3.63, 3.8) is 0 Å². The zero-order chi connectivity index (χ0) is 18.8. The van der Waals surface area contributed by atoms with Crippen molar-refractivity contribution >= 4 is 16.8 Å². The van der Waals surface area contributed by atoms with Crippen LogP contribution in [0.3, 0.4) is 0 Å². The zero-order valence-electron chi connectivity index (χ0n) is 16.1. The van der Waals surface area contributed by atoms with Crippen LogP contribution in [0, 0.1) is 11.8 Å². The highest BCUT2D eigenvalue weighted by Gasteiger charge is 2.23. The van der Waals surface area contributed by atoms with Gasteiger partial charge in [-0.15, -0.1) is 0 Å². The number of hydrogen-bond donors (Lipinski definition) is 1. The molecule has 1 amide bonds. The van der Waals surface area contributed by atoms with E-state index in [2.05, 4.69) is 34.8 Å². The molecule has 4 nitrogen and oxygen atoms in total. The van der Waals surface area contributed by atoms with Gasteiger partial charge in [0, 0.05) is 35.9 Å². The van der Waals surface area contributed by atoms with Gasteiger partial charge in [0.05, 0.1) is 5.52 Å². The smallest absolute Gasteiger partial charge is 0.251 e. The third-order valence-corrected chi connectivity index (χ3v) is 5.76. The number of benzene rings is 1. The SMILES string of the molecule is C[C@@H]1CC[C@H](C)CC(NC(=O)c2ccc3ccn(-c4ccncc4)c3c2)C1. The number of nitrogens with zero attached hydrogens (tertiary/aromatic N) is 2. The average molecular weight is 361 g/mol. The molecule has 2 heterocycles. The van der Waals surface area contributed by atoms with Crippen molar-refractivity contribution in [1.29, 1.82) is 0 Å². The van der Waals surface area contributed by atoms with Crippen molar-refractivity contribution in [2.75, 3.05) is 0 Å². The number of rotatable bonds is 3. The Balaban J connectivity index is 1.59. The van der Waals surface area contributed by atoms with Crippen LogP contribution in [-0.2, 0) is 0 Å². The van der Waals surface area contributed by atoms with E-state index in [1.54, 1.807) is 12.4 Å². The predicted molar refractivity (Wildman–Crippen MR) is 109 cm³/mol. The quantitative estimate of drug-likeness (QED) is 0.670. The molecule has 27 heavy (non-hydrogen) atoms. The van der Waals surface area contributed by atoms with E-state index in [-0.39, 0.29) is 11.9 Å². The molecule has 0 spiro atoms. The van der Waals surface area contributed by atoms with Gasteiger partial charge < -0.3 is 9.88 Å². The monoisotopic (exact) mass is 361 g/mol. The van der Waals surface area contributed by atoms with E-state index in [4.69, 9.17) is 0 Å². The van der Waals surface area contributed by atoms with Crippen LogP contribution in [0.1, 0.15) is 49.9 Å². The van der Waals surface area contributed by atoms with Crippen molar-refractivity contribution < 1.29 is 4.79 Å². The topological polar surface area (TPSA) is 46.9 Å². The van der Waals surface area contributed by atoms with Crippen LogP contribution in [0.2, 0.25) is 0 Å². The van der Waals surface area contributed by atoms with Crippen LogP contribution in [-0.4, -0.2) is 21.5 Å². The molecule has 1 N–H and O–H groups in total. The molecule has 2 aromatic heterocycles. The van der Waals surface area contributed by atoms with Crippen molar-refractivity contribution in [1.82, 2.24) is 14.9 Å². The van der Waals surface area contributed by atoms with Gasteiger partial charge in [0.1, 0.15) is 0 Å². The fourth-order valence-electron chi connectivity index (χ4n) is 4.26. The van der Waals surface area contributed by atoms with E-state index in [9.17, 15) is 4.79 Å². The van der Waals surface area contributed by atoms with Gasteiger partial charge in [-0.2, -0.15) is 0 Å². The molecular weight excluding hydrogens is 334 g/mol. The number of hydrogen-bond acceptors (Lipinski definition) is 2. The molecule has 1 aliphatic carbocycles. The molecule has 1 aliphatic rings. The summed E-state index contributed by atoms with van der Waals surface area (Å²) in [5, 5.41) is 4.42. The molecule has 0 aliphatic heterocycles. The Kier molecular flexibility index (Phi) is 4.97. The Bertz CT molecular complexity index is 919. The first-order chi connectivity index (χ1) is 13.1. The van der Waals surface area contributed by atoms with Crippen LogP contribution in [0.4, 0.5) is 0 Å². The van der Waals surface area contributed by atoms with Gasteiger partial charge in [-0.25, -0.2) is 0 Å². The van der Waals surface area contributed by atoms with Crippen molar-refractivity contribution in [3.8, 4) is 5.69 Å². The van der Waals surface area contributed by atoms with Gasteiger partial charge in [0.15, 0.2) is 0 Å². The van der Waals surface area contributed by atoms with Crippen LogP contribution in [0.25, 0.3) is 16.6 Å². The second kappa shape index (κ2) is 7.55. The predicted octanol–water partition coefficient (Wildman–Crippen LogP) is 4.97. The molecule has 140 valence electrons. The third-order valence-electron chi connectivity index (χ3n) is 5.76. The second-order valence-corrected chi connectivity index (χ2v) is 8.09. The van der Waals surface area contributed by atoms with Crippen LogP contribution in [0.15, 0.2) is 55.0 Å². The maximum Gasteiger partial charge on any atom is 0.251 e. The fraction of sp³-hybridized carbons (Fsp3) is 0.391. The fourth-order valence-corrected chi connectivity index (χ4v) is 4.26. The first kappa shape index (κ1) is 17.8. The minimum Gasteiger partial charge on any atom is -0.349 e. The third kappa shape index (κ3) is 3.90. The molecule has 0 bridgehead atoms. The van der Waals surface area contributed by atoms with E-state index in [0.29, 0.717) is 11.8 Å². The second-order valence-electron chi connectivity index (χ2n) is 8.09. The number of amides is 1. The van der Waals surface area contributed by atoms with E-state index in [0.717, 1.165) is 35.0 Å². The van der Waals surface area contributed by atoms with E-state index < -0.39 is 0 Å². The Morgan fingerprint density at radius 2 is 1.74 bits per heavy atom. The molecule has 4 rings (SSSR count).